The number of carbonyl (C=O) groups excluding carboxylic acids is 5. The largest absolute Gasteiger partial charge is 0.493 e. The molecule has 11 nitrogen and oxygen atoms in total. The van der Waals surface area contributed by atoms with Crippen LogP contribution in [0.3, 0.4) is 0 Å². The molecule has 2 aliphatic carbocycles. The van der Waals surface area contributed by atoms with E-state index in [-0.39, 0.29) is 43.0 Å². The molecule has 2 aliphatic heterocycles. The Hall–Kier alpha value is -4.25. The van der Waals surface area contributed by atoms with Crippen LogP contribution in [0.1, 0.15) is 69.1 Å². The molecule has 0 aromatic heterocycles. The summed E-state index contributed by atoms with van der Waals surface area (Å²) < 4.78 is 12.6. The standard InChI is InChI=1S/C37H46N4O7/c1-37(2)13-14-47-27-12-6-9-23(15-27)17-31(42)40-32(26-18-24-10-3-4-11-25(24)19-26)36(46)41-21-28(48-37)20-30(41)35(45)39-29(33(43)34(38)44)16-22-7-5-8-22/h3-4,6,9-12,15,22,26,28-30,32H,5,7-8,13-14,16-21H2,1-2H3,(H2,38,44)(H,39,45)(H,40,42)/t28-,29?,30+,32?/m1/s1. The van der Waals surface area contributed by atoms with Crippen molar-refractivity contribution in [2.75, 3.05) is 13.2 Å². The monoisotopic (exact) mass is 658 g/mol. The van der Waals surface area contributed by atoms with E-state index in [1.54, 1.807) is 0 Å². The summed E-state index contributed by atoms with van der Waals surface area (Å²) in [7, 11) is 0. The number of primary amides is 1. The van der Waals surface area contributed by atoms with Crippen molar-refractivity contribution in [1.82, 2.24) is 15.5 Å². The van der Waals surface area contributed by atoms with Gasteiger partial charge < -0.3 is 30.7 Å². The van der Waals surface area contributed by atoms with Gasteiger partial charge in [-0.1, -0.05) is 55.7 Å². The Labute approximate surface area is 281 Å². The number of nitrogens with zero attached hydrogens (tertiary/aromatic N) is 1. The number of fused-ring (bicyclic) bond motifs is 5. The summed E-state index contributed by atoms with van der Waals surface area (Å²) in [5.74, 6) is -2.53. The molecule has 4 amide bonds. The van der Waals surface area contributed by atoms with Crippen LogP contribution < -0.4 is 21.1 Å². The molecule has 4 aliphatic rings. The van der Waals surface area contributed by atoms with Crippen molar-refractivity contribution in [2.45, 2.75) is 101 Å². The number of rotatable bonds is 7. The molecule has 4 atom stereocenters. The zero-order chi connectivity index (χ0) is 34.0. The third-order valence-electron chi connectivity index (χ3n) is 10.4. The van der Waals surface area contributed by atoms with Gasteiger partial charge in [0.25, 0.3) is 5.91 Å². The van der Waals surface area contributed by atoms with Crippen molar-refractivity contribution in [3.63, 3.8) is 0 Å². The summed E-state index contributed by atoms with van der Waals surface area (Å²) >= 11 is 0. The van der Waals surface area contributed by atoms with Gasteiger partial charge in [0, 0.05) is 19.4 Å². The van der Waals surface area contributed by atoms with E-state index in [2.05, 4.69) is 10.6 Å². The maximum atomic E-state index is 14.7. The predicted octanol–water partition coefficient (Wildman–Crippen LogP) is 2.41. The smallest absolute Gasteiger partial charge is 0.287 e. The zero-order valence-electron chi connectivity index (χ0n) is 27.7. The van der Waals surface area contributed by atoms with Crippen LogP contribution >= 0.6 is 0 Å². The number of carbonyl (C=O) groups is 5. The molecule has 4 N–H and O–H groups in total. The van der Waals surface area contributed by atoms with Crippen molar-refractivity contribution < 1.29 is 33.4 Å². The van der Waals surface area contributed by atoms with Gasteiger partial charge in [-0.25, -0.2) is 0 Å². The summed E-state index contributed by atoms with van der Waals surface area (Å²) in [6, 6.07) is 12.4. The van der Waals surface area contributed by atoms with Crippen LogP contribution in [0.5, 0.6) is 5.75 Å². The van der Waals surface area contributed by atoms with Gasteiger partial charge in [0.2, 0.25) is 23.5 Å². The summed E-state index contributed by atoms with van der Waals surface area (Å²) in [6.45, 7) is 4.40. The number of nitrogens with one attached hydrogen (secondary N) is 2. The fourth-order valence-electron chi connectivity index (χ4n) is 7.58. The van der Waals surface area contributed by atoms with Gasteiger partial charge in [-0.05, 0) is 73.8 Å². The minimum Gasteiger partial charge on any atom is -0.493 e. The molecule has 11 heteroatoms. The molecule has 0 spiro atoms. The lowest BCUT2D eigenvalue weighted by Gasteiger charge is -2.33. The lowest BCUT2D eigenvalue weighted by Crippen LogP contribution is -2.58. The van der Waals surface area contributed by atoms with Gasteiger partial charge >= 0.3 is 0 Å². The van der Waals surface area contributed by atoms with Crippen LogP contribution in [-0.4, -0.2) is 77.3 Å². The summed E-state index contributed by atoms with van der Waals surface area (Å²) in [4.78, 5) is 68.6. The highest BCUT2D eigenvalue weighted by Crippen LogP contribution is 2.34. The molecule has 2 aromatic rings. The molecule has 1 saturated heterocycles. The molecule has 2 unspecified atom stereocenters. The van der Waals surface area contributed by atoms with E-state index in [0.717, 1.165) is 36.0 Å². The summed E-state index contributed by atoms with van der Waals surface area (Å²) in [6.07, 6.45) is 4.67. The molecule has 1 saturated carbocycles. The number of ketones is 1. The second-order valence-corrected chi connectivity index (χ2v) is 14.5. The maximum Gasteiger partial charge on any atom is 0.287 e. The topological polar surface area (TPSA) is 157 Å². The quantitative estimate of drug-likeness (QED) is 0.386. The highest BCUT2D eigenvalue weighted by molar-refractivity contribution is 6.37. The van der Waals surface area contributed by atoms with Crippen molar-refractivity contribution in [2.24, 2.45) is 17.6 Å². The first-order chi connectivity index (χ1) is 23.0. The molecule has 4 bridgehead atoms. The van der Waals surface area contributed by atoms with E-state index >= 15 is 0 Å². The lowest BCUT2D eigenvalue weighted by molar-refractivity contribution is -0.144. The minimum atomic E-state index is -1.10. The Bertz CT molecular complexity index is 1550. The first-order valence-corrected chi connectivity index (χ1v) is 17.2. The Morgan fingerprint density at radius 1 is 1.06 bits per heavy atom. The van der Waals surface area contributed by atoms with Gasteiger partial charge in [-0.15, -0.1) is 0 Å². The van der Waals surface area contributed by atoms with Crippen LogP contribution in [0, 0.1) is 11.8 Å². The van der Waals surface area contributed by atoms with Crippen molar-refractivity contribution >= 4 is 29.4 Å². The lowest BCUT2D eigenvalue weighted by atomic mass is 9.80. The van der Waals surface area contributed by atoms with Crippen molar-refractivity contribution in [3.05, 3.63) is 65.2 Å². The molecule has 48 heavy (non-hydrogen) atoms. The van der Waals surface area contributed by atoms with Gasteiger partial charge in [0.1, 0.15) is 17.8 Å². The molecule has 6 rings (SSSR count). The van der Waals surface area contributed by atoms with Gasteiger partial charge in [0.15, 0.2) is 0 Å². The predicted molar refractivity (Wildman–Crippen MR) is 177 cm³/mol. The van der Waals surface area contributed by atoms with E-state index in [9.17, 15) is 24.0 Å². The van der Waals surface area contributed by atoms with Crippen LogP contribution in [0.15, 0.2) is 48.5 Å². The Balaban J connectivity index is 1.31. The average molecular weight is 659 g/mol. The SMILES string of the molecule is CC1(C)CCOc2cccc(c2)CC(=O)NC(C2Cc3ccccc3C2)C(=O)N2C[C@@H](C[C@H]2C(=O)NC(CC2CCC2)C(=O)C(N)=O)O1. The summed E-state index contributed by atoms with van der Waals surface area (Å²) in [5.41, 5.74) is 7.74. The van der Waals surface area contributed by atoms with Crippen molar-refractivity contribution in [1.29, 1.82) is 0 Å². The molecular weight excluding hydrogens is 612 g/mol. The number of nitrogens with two attached hydrogens (primary N) is 1. The Morgan fingerprint density at radius 3 is 2.46 bits per heavy atom. The van der Waals surface area contributed by atoms with Crippen LogP contribution in [-0.2, 0) is 48.0 Å². The van der Waals surface area contributed by atoms with E-state index in [4.69, 9.17) is 15.2 Å². The van der Waals surface area contributed by atoms with Crippen LogP contribution in [0.2, 0.25) is 0 Å². The molecule has 2 fully saturated rings. The Kier molecular flexibility index (Phi) is 9.87. The highest BCUT2D eigenvalue weighted by atomic mass is 16.5. The highest BCUT2D eigenvalue weighted by Gasteiger charge is 2.47. The number of Topliss-reactive ketones (excluding diaryl/α,β-unsaturated/α-hetero) is 1. The zero-order valence-corrected chi connectivity index (χ0v) is 27.7. The normalized spacial score (nSPS) is 25.3. The van der Waals surface area contributed by atoms with Gasteiger partial charge in [-0.3, -0.25) is 24.0 Å². The number of hydrogen-bond donors (Lipinski definition) is 3. The van der Waals surface area contributed by atoms with E-state index in [1.807, 2.05) is 62.4 Å². The van der Waals surface area contributed by atoms with Gasteiger partial charge in [0.05, 0.1) is 30.8 Å². The fraction of sp³-hybridized carbons (Fsp3) is 0.541. The second kappa shape index (κ2) is 14.1. The van der Waals surface area contributed by atoms with Gasteiger partial charge in [-0.2, -0.15) is 0 Å². The molecular formula is C37H46N4O7. The van der Waals surface area contributed by atoms with E-state index in [1.165, 1.54) is 4.90 Å². The first kappa shape index (κ1) is 33.6. The van der Waals surface area contributed by atoms with Crippen LogP contribution in [0.25, 0.3) is 0 Å². The Morgan fingerprint density at radius 2 is 1.79 bits per heavy atom. The molecule has 2 heterocycles. The molecule has 256 valence electrons. The molecule has 2 aromatic carbocycles. The average Bonchev–Trinajstić information content (AvgIpc) is 3.64. The van der Waals surface area contributed by atoms with Crippen molar-refractivity contribution in [3.8, 4) is 5.75 Å². The number of benzene rings is 2. The number of hydrogen-bond acceptors (Lipinski definition) is 7. The van der Waals surface area contributed by atoms with E-state index < -0.39 is 47.4 Å². The van der Waals surface area contributed by atoms with Crippen LogP contribution in [0.4, 0.5) is 0 Å². The number of amides is 4. The minimum absolute atomic E-state index is 0.0554. The first-order valence-electron chi connectivity index (χ1n) is 17.2. The maximum absolute atomic E-state index is 14.7. The summed E-state index contributed by atoms with van der Waals surface area (Å²) in [5, 5.41) is 5.84. The fourth-order valence-corrected chi connectivity index (χ4v) is 7.58. The molecule has 0 radical (unpaired) electrons. The third kappa shape index (κ3) is 7.72. The van der Waals surface area contributed by atoms with E-state index in [0.29, 0.717) is 38.0 Å². The second-order valence-electron chi connectivity index (χ2n) is 14.5. The third-order valence-corrected chi connectivity index (χ3v) is 10.4. The number of ether oxygens (including phenoxy) is 2.